The van der Waals surface area contributed by atoms with Gasteiger partial charge in [-0.15, -0.1) is 0 Å². The lowest BCUT2D eigenvalue weighted by Gasteiger charge is -2.27. The molecule has 1 unspecified atom stereocenters. The second-order valence-electron chi connectivity index (χ2n) is 3.89. The van der Waals surface area contributed by atoms with Gasteiger partial charge in [0.2, 0.25) is 0 Å². The van der Waals surface area contributed by atoms with Crippen molar-refractivity contribution in [1.29, 1.82) is 0 Å². The summed E-state index contributed by atoms with van der Waals surface area (Å²) in [7, 11) is 0. The van der Waals surface area contributed by atoms with Crippen molar-refractivity contribution < 1.29 is 0 Å². The average Bonchev–Trinajstić information content (AvgIpc) is 2.12. The molecule has 0 nitrogen and oxygen atoms in total. The molecule has 0 saturated heterocycles. The number of fused-ring (bicyclic) bond motifs is 1. The molecule has 0 heterocycles. The quantitative estimate of drug-likeness (QED) is 0.507. The van der Waals surface area contributed by atoms with Gasteiger partial charge in [0, 0.05) is 5.92 Å². The molecule has 0 aromatic carbocycles. The molecule has 0 bridgehead atoms. The van der Waals surface area contributed by atoms with Gasteiger partial charge in [-0.05, 0) is 38.7 Å². The van der Waals surface area contributed by atoms with Crippen LogP contribution in [0.1, 0.15) is 33.1 Å². The van der Waals surface area contributed by atoms with E-state index in [1.54, 1.807) is 11.1 Å². The fourth-order valence-electron chi connectivity index (χ4n) is 2.18. The SMILES string of the molecule is CC1=C(C)C2CCCC=C2C=C1. The molecule has 2 aliphatic carbocycles. The molecular weight excluding hydrogens is 144 g/mol. The Bertz CT molecular complexity index is 276. The van der Waals surface area contributed by atoms with Gasteiger partial charge in [-0.25, -0.2) is 0 Å². The molecule has 64 valence electrons. The minimum atomic E-state index is 0.753. The van der Waals surface area contributed by atoms with Crippen LogP contribution in [0.3, 0.4) is 0 Å². The van der Waals surface area contributed by atoms with Crippen LogP contribution in [0, 0.1) is 5.92 Å². The van der Waals surface area contributed by atoms with Gasteiger partial charge in [0.1, 0.15) is 0 Å². The maximum atomic E-state index is 2.40. The summed E-state index contributed by atoms with van der Waals surface area (Å²) in [6, 6.07) is 0. The molecule has 0 heteroatoms. The molecule has 0 aromatic rings. The molecule has 0 fully saturated rings. The zero-order valence-electron chi connectivity index (χ0n) is 7.93. The van der Waals surface area contributed by atoms with Crippen molar-refractivity contribution in [2.45, 2.75) is 33.1 Å². The van der Waals surface area contributed by atoms with Gasteiger partial charge in [-0.1, -0.05) is 29.4 Å². The topological polar surface area (TPSA) is 0 Å². The first-order valence-corrected chi connectivity index (χ1v) is 4.84. The number of allylic oxidation sites excluding steroid dienone is 6. The van der Waals surface area contributed by atoms with Gasteiger partial charge < -0.3 is 0 Å². The summed E-state index contributed by atoms with van der Waals surface area (Å²) in [6.07, 6.45) is 11.0. The maximum absolute atomic E-state index is 2.40. The van der Waals surface area contributed by atoms with Crippen LogP contribution >= 0.6 is 0 Å². The molecule has 0 amide bonds. The van der Waals surface area contributed by atoms with E-state index in [0.717, 1.165) is 5.92 Å². The van der Waals surface area contributed by atoms with Crippen molar-refractivity contribution in [3.63, 3.8) is 0 Å². The Morgan fingerprint density at radius 3 is 2.92 bits per heavy atom. The van der Waals surface area contributed by atoms with Crippen molar-refractivity contribution in [2.75, 3.05) is 0 Å². The Morgan fingerprint density at radius 2 is 2.08 bits per heavy atom. The van der Waals surface area contributed by atoms with Crippen LogP contribution in [0.15, 0.2) is 34.9 Å². The first-order valence-electron chi connectivity index (χ1n) is 4.84. The molecule has 0 spiro atoms. The van der Waals surface area contributed by atoms with E-state index in [9.17, 15) is 0 Å². The van der Waals surface area contributed by atoms with E-state index in [1.165, 1.54) is 24.8 Å². The average molecular weight is 160 g/mol. The molecule has 0 N–H and O–H groups in total. The third kappa shape index (κ3) is 1.16. The van der Waals surface area contributed by atoms with Gasteiger partial charge in [-0.3, -0.25) is 0 Å². The summed E-state index contributed by atoms with van der Waals surface area (Å²) in [5.41, 5.74) is 4.62. The van der Waals surface area contributed by atoms with E-state index in [2.05, 4.69) is 32.1 Å². The summed E-state index contributed by atoms with van der Waals surface area (Å²) in [5, 5.41) is 0. The Kier molecular flexibility index (Phi) is 1.92. The monoisotopic (exact) mass is 160 g/mol. The highest BCUT2D eigenvalue weighted by Crippen LogP contribution is 2.36. The molecule has 2 rings (SSSR count). The molecule has 0 radical (unpaired) electrons. The fourth-order valence-corrected chi connectivity index (χ4v) is 2.18. The zero-order chi connectivity index (χ0) is 8.55. The van der Waals surface area contributed by atoms with Crippen LogP contribution in [-0.2, 0) is 0 Å². The number of rotatable bonds is 0. The minimum Gasteiger partial charge on any atom is -0.0807 e. The van der Waals surface area contributed by atoms with E-state index in [-0.39, 0.29) is 0 Å². The molecule has 12 heavy (non-hydrogen) atoms. The predicted molar refractivity (Wildman–Crippen MR) is 52.9 cm³/mol. The first-order chi connectivity index (χ1) is 5.79. The van der Waals surface area contributed by atoms with Crippen LogP contribution in [0.4, 0.5) is 0 Å². The lowest BCUT2D eigenvalue weighted by atomic mass is 9.78. The Hall–Kier alpha value is -0.780. The van der Waals surface area contributed by atoms with Gasteiger partial charge >= 0.3 is 0 Å². The van der Waals surface area contributed by atoms with E-state index in [0.29, 0.717) is 0 Å². The van der Waals surface area contributed by atoms with Crippen LogP contribution < -0.4 is 0 Å². The van der Waals surface area contributed by atoms with E-state index in [4.69, 9.17) is 0 Å². The van der Waals surface area contributed by atoms with Crippen molar-refractivity contribution >= 4 is 0 Å². The summed E-state index contributed by atoms with van der Waals surface area (Å²) in [5.74, 6) is 0.753. The van der Waals surface area contributed by atoms with Crippen LogP contribution in [-0.4, -0.2) is 0 Å². The summed E-state index contributed by atoms with van der Waals surface area (Å²) in [4.78, 5) is 0. The summed E-state index contributed by atoms with van der Waals surface area (Å²) >= 11 is 0. The van der Waals surface area contributed by atoms with Crippen LogP contribution in [0.2, 0.25) is 0 Å². The van der Waals surface area contributed by atoms with Crippen molar-refractivity contribution in [3.8, 4) is 0 Å². The molecule has 2 aliphatic rings. The smallest absolute Gasteiger partial charge is 0.00480 e. The Labute approximate surface area is 74.7 Å². The van der Waals surface area contributed by atoms with Gasteiger partial charge in [-0.2, -0.15) is 0 Å². The predicted octanol–water partition coefficient (Wildman–Crippen LogP) is 3.62. The van der Waals surface area contributed by atoms with Gasteiger partial charge in [0.25, 0.3) is 0 Å². The highest BCUT2D eigenvalue weighted by atomic mass is 14.3. The number of hydrogen-bond donors (Lipinski definition) is 0. The standard InChI is InChI=1S/C12H16/c1-9-7-8-11-5-3-4-6-12(11)10(9)2/h5,7-8,12H,3-4,6H2,1-2H3. The third-order valence-electron chi connectivity index (χ3n) is 3.15. The maximum Gasteiger partial charge on any atom is 0.00480 e. The second kappa shape index (κ2) is 2.93. The van der Waals surface area contributed by atoms with Crippen LogP contribution in [0.25, 0.3) is 0 Å². The molecule has 1 atom stereocenters. The molecule has 0 aromatic heterocycles. The van der Waals surface area contributed by atoms with E-state index in [1.807, 2.05) is 0 Å². The zero-order valence-corrected chi connectivity index (χ0v) is 7.93. The highest BCUT2D eigenvalue weighted by Gasteiger charge is 2.20. The normalized spacial score (nSPS) is 28.5. The Morgan fingerprint density at radius 1 is 1.25 bits per heavy atom. The van der Waals surface area contributed by atoms with Crippen molar-refractivity contribution in [1.82, 2.24) is 0 Å². The second-order valence-corrected chi connectivity index (χ2v) is 3.89. The summed E-state index contributed by atoms with van der Waals surface area (Å²) < 4.78 is 0. The summed E-state index contributed by atoms with van der Waals surface area (Å²) in [6.45, 7) is 4.50. The van der Waals surface area contributed by atoms with Crippen molar-refractivity contribution in [3.05, 3.63) is 34.9 Å². The van der Waals surface area contributed by atoms with Gasteiger partial charge in [0.05, 0.1) is 0 Å². The number of hydrogen-bond acceptors (Lipinski definition) is 0. The largest absolute Gasteiger partial charge is 0.0807 e. The van der Waals surface area contributed by atoms with Crippen molar-refractivity contribution in [2.24, 2.45) is 5.92 Å². The first kappa shape index (κ1) is 7.85. The molecule has 0 aliphatic heterocycles. The van der Waals surface area contributed by atoms with Crippen LogP contribution in [0.5, 0.6) is 0 Å². The molecule has 0 saturated carbocycles. The Balaban J connectivity index is 2.37. The minimum absolute atomic E-state index is 0.753. The lowest BCUT2D eigenvalue weighted by Crippen LogP contribution is -2.12. The van der Waals surface area contributed by atoms with Gasteiger partial charge in [0.15, 0.2) is 0 Å². The highest BCUT2D eigenvalue weighted by molar-refractivity contribution is 5.42. The van der Waals surface area contributed by atoms with E-state index >= 15 is 0 Å². The van der Waals surface area contributed by atoms with E-state index < -0.39 is 0 Å². The lowest BCUT2D eigenvalue weighted by molar-refractivity contribution is 0.577. The third-order valence-corrected chi connectivity index (χ3v) is 3.15. The molecular formula is C12H16. The fraction of sp³-hybridized carbons (Fsp3) is 0.500.